The van der Waals surface area contributed by atoms with Crippen molar-refractivity contribution in [2.45, 2.75) is 32.7 Å². The molecule has 1 N–H and O–H groups in total. The number of fused-ring (bicyclic) bond motifs is 1. The largest absolute Gasteiger partial charge is 0.492 e. The molecule has 5 nitrogen and oxygen atoms in total. The molecule has 7 heteroatoms. The van der Waals surface area contributed by atoms with Crippen LogP contribution in [0.1, 0.15) is 42.1 Å². The molecule has 1 atom stereocenters. The number of halogens is 1. The molecule has 0 aliphatic carbocycles. The lowest BCUT2D eigenvalue weighted by molar-refractivity contribution is 0.157. The Hall–Kier alpha value is -1.63. The van der Waals surface area contributed by atoms with E-state index in [0.717, 1.165) is 47.3 Å². The molecule has 0 unspecified atom stereocenters. The smallest absolute Gasteiger partial charge is 0.230 e. The minimum Gasteiger partial charge on any atom is -0.492 e. The van der Waals surface area contributed by atoms with Gasteiger partial charge in [-0.1, -0.05) is 42.0 Å². The predicted octanol–water partition coefficient (Wildman–Crippen LogP) is 4.28. The fourth-order valence-electron chi connectivity index (χ4n) is 3.52. The zero-order valence-corrected chi connectivity index (χ0v) is 15.9. The van der Waals surface area contributed by atoms with Gasteiger partial charge < -0.3 is 5.11 Å². The molecule has 1 saturated heterocycles. The van der Waals surface area contributed by atoms with Crippen molar-refractivity contribution in [1.29, 1.82) is 0 Å². The minimum absolute atomic E-state index is 0.0278. The molecule has 1 aliphatic rings. The van der Waals surface area contributed by atoms with Crippen LogP contribution in [0.15, 0.2) is 24.3 Å². The first kappa shape index (κ1) is 16.8. The van der Waals surface area contributed by atoms with Crippen LogP contribution in [0, 0.1) is 12.8 Å². The number of aromatic hydroxyl groups is 1. The zero-order chi connectivity index (χ0) is 17.6. The maximum atomic E-state index is 10.8. The van der Waals surface area contributed by atoms with E-state index in [1.54, 1.807) is 4.52 Å². The number of aryl methyl sites for hydroxylation is 1. The summed E-state index contributed by atoms with van der Waals surface area (Å²) >= 11 is 7.75. The van der Waals surface area contributed by atoms with E-state index in [9.17, 15) is 5.11 Å². The number of hydrogen-bond acceptors (Lipinski definition) is 5. The highest BCUT2D eigenvalue weighted by Crippen LogP contribution is 2.41. The number of hydrogen-bond donors (Lipinski definition) is 1. The molecule has 3 heterocycles. The van der Waals surface area contributed by atoms with Crippen LogP contribution in [0.3, 0.4) is 0 Å². The summed E-state index contributed by atoms with van der Waals surface area (Å²) in [5.41, 5.74) is 1.10. The van der Waals surface area contributed by atoms with Crippen LogP contribution in [0.25, 0.3) is 4.96 Å². The molecule has 2 aromatic heterocycles. The summed E-state index contributed by atoms with van der Waals surface area (Å²) in [7, 11) is 0. The third kappa shape index (κ3) is 3.14. The molecule has 25 heavy (non-hydrogen) atoms. The second kappa shape index (κ2) is 6.59. The van der Waals surface area contributed by atoms with Crippen molar-refractivity contribution in [3.63, 3.8) is 0 Å². The number of aromatic nitrogens is 3. The summed E-state index contributed by atoms with van der Waals surface area (Å²) < 4.78 is 1.54. The Bertz CT molecular complexity index is 898. The first-order valence-corrected chi connectivity index (χ1v) is 9.77. The van der Waals surface area contributed by atoms with E-state index in [1.165, 1.54) is 11.3 Å². The second-order valence-corrected chi connectivity index (χ2v) is 8.26. The highest BCUT2D eigenvalue weighted by Gasteiger charge is 2.31. The van der Waals surface area contributed by atoms with Crippen LogP contribution >= 0.6 is 22.9 Å². The van der Waals surface area contributed by atoms with Gasteiger partial charge in [-0.05, 0) is 56.5 Å². The van der Waals surface area contributed by atoms with Gasteiger partial charge in [0.05, 0.1) is 10.9 Å². The molecule has 0 radical (unpaired) electrons. The molecule has 0 saturated carbocycles. The standard InChI is InChI=1S/C18H21ClN4OS/c1-11-6-8-22(9-7-11)15(13-4-3-5-14(19)10-13)16-17(24)23-18(25-16)20-12(2)21-23/h3-5,10-11,15,24H,6-9H2,1-2H3/t15-/m0/s1. The number of benzene rings is 1. The zero-order valence-electron chi connectivity index (χ0n) is 14.3. The van der Waals surface area contributed by atoms with E-state index in [2.05, 4.69) is 28.0 Å². The molecule has 1 aromatic carbocycles. The molecule has 3 aromatic rings. The van der Waals surface area contributed by atoms with E-state index < -0.39 is 0 Å². The van der Waals surface area contributed by atoms with Gasteiger partial charge in [0.1, 0.15) is 5.82 Å². The second-order valence-electron chi connectivity index (χ2n) is 6.82. The Morgan fingerprint density at radius 3 is 2.76 bits per heavy atom. The molecule has 0 bridgehead atoms. The quantitative estimate of drug-likeness (QED) is 0.741. The Morgan fingerprint density at radius 2 is 2.08 bits per heavy atom. The number of thiazole rings is 1. The molecular weight excluding hydrogens is 356 g/mol. The SMILES string of the molecule is Cc1nc2sc([C@H](c3cccc(Cl)c3)N3CCC(C)CC3)c(O)n2n1. The van der Waals surface area contributed by atoms with E-state index >= 15 is 0 Å². The lowest BCUT2D eigenvalue weighted by Crippen LogP contribution is -2.36. The first-order chi connectivity index (χ1) is 12.0. The van der Waals surface area contributed by atoms with Gasteiger partial charge in [0, 0.05) is 5.02 Å². The molecule has 0 amide bonds. The average Bonchev–Trinajstić information content (AvgIpc) is 3.08. The summed E-state index contributed by atoms with van der Waals surface area (Å²) in [6.07, 6.45) is 2.33. The summed E-state index contributed by atoms with van der Waals surface area (Å²) in [6, 6.07) is 7.89. The number of piperidine rings is 1. The lowest BCUT2D eigenvalue weighted by Gasteiger charge is -2.36. The molecular formula is C18H21ClN4OS. The monoisotopic (exact) mass is 376 g/mol. The van der Waals surface area contributed by atoms with Crippen molar-refractivity contribution in [3.8, 4) is 5.88 Å². The predicted molar refractivity (Wildman–Crippen MR) is 101 cm³/mol. The van der Waals surface area contributed by atoms with Crippen molar-refractivity contribution in [2.75, 3.05) is 13.1 Å². The van der Waals surface area contributed by atoms with Crippen molar-refractivity contribution >= 4 is 27.9 Å². The van der Waals surface area contributed by atoms with E-state index in [-0.39, 0.29) is 11.9 Å². The maximum absolute atomic E-state index is 10.8. The van der Waals surface area contributed by atoms with E-state index in [1.807, 2.05) is 25.1 Å². The Morgan fingerprint density at radius 1 is 1.32 bits per heavy atom. The summed E-state index contributed by atoms with van der Waals surface area (Å²) in [5.74, 6) is 1.60. The third-order valence-corrected chi connectivity index (χ3v) is 6.21. The Kier molecular flexibility index (Phi) is 4.43. The van der Waals surface area contributed by atoms with Crippen LogP contribution in [0.4, 0.5) is 0 Å². The summed E-state index contributed by atoms with van der Waals surface area (Å²) in [4.78, 5) is 8.45. The molecule has 1 fully saturated rings. The van der Waals surface area contributed by atoms with Crippen LogP contribution in [0.5, 0.6) is 5.88 Å². The van der Waals surface area contributed by atoms with E-state index in [0.29, 0.717) is 10.8 Å². The van der Waals surface area contributed by atoms with Gasteiger partial charge in [-0.25, -0.2) is 4.98 Å². The van der Waals surface area contributed by atoms with Crippen molar-refractivity contribution in [1.82, 2.24) is 19.5 Å². The fourth-order valence-corrected chi connectivity index (χ4v) is 4.88. The topological polar surface area (TPSA) is 53.7 Å². The highest BCUT2D eigenvalue weighted by molar-refractivity contribution is 7.17. The Labute approximate surface area is 155 Å². The van der Waals surface area contributed by atoms with Crippen LogP contribution in [-0.2, 0) is 0 Å². The summed E-state index contributed by atoms with van der Waals surface area (Å²) in [5, 5.41) is 15.8. The lowest BCUT2D eigenvalue weighted by atomic mass is 9.95. The van der Waals surface area contributed by atoms with Crippen molar-refractivity contribution in [3.05, 3.63) is 45.6 Å². The average molecular weight is 377 g/mol. The molecule has 1 aliphatic heterocycles. The summed E-state index contributed by atoms with van der Waals surface area (Å²) in [6.45, 7) is 6.14. The van der Waals surface area contributed by atoms with Gasteiger partial charge in [-0.2, -0.15) is 4.52 Å². The number of nitrogens with zero attached hydrogens (tertiary/aromatic N) is 4. The number of likely N-dealkylation sites (tertiary alicyclic amines) is 1. The van der Waals surface area contributed by atoms with Crippen molar-refractivity contribution in [2.24, 2.45) is 5.92 Å². The maximum Gasteiger partial charge on any atom is 0.230 e. The minimum atomic E-state index is -0.0278. The molecule has 0 spiro atoms. The van der Waals surface area contributed by atoms with Gasteiger partial charge in [-0.15, -0.1) is 5.10 Å². The van der Waals surface area contributed by atoms with Gasteiger partial charge in [0.2, 0.25) is 10.8 Å². The van der Waals surface area contributed by atoms with E-state index in [4.69, 9.17) is 11.6 Å². The fraction of sp³-hybridized carbons (Fsp3) is 0.444. The van der Waals surface area contributed by atoms with Gasteiger partial charge in [-0.3, -0.25) is 4.90 Å². The third-order valence-electron chi connectivity index (χ3n) is 4.90. The number of rotatable bonds is 3. The normalized spacial score (nSPS) is 18.0. The first-order valence-electron chi connectivity index (χ1n) is 8.57. The van der Waals surface area contributed by atoms with Crippen LogP contribution < -0.4 is 0 Å². The van der Waals surface area contributed by atoms with Gasteiger partial charge >= 0.3 is 0 Å². The van der Waals surface area contributed by atoms with Gasteiger partial charge in [0.25, 0.3) is 0 Å². The van der Waals surface area contributed by atoms with Crippen LogP contribution in [-0.4, -0.2) is 37.7 Å². The van der Waals surface area contributed by atoms with Crippen LogP contribution in [0.2, 0.25) is 5.02 Å². The molecule has 4 rings (SSSR count). The van der Waals surface area contributed by atoms with Gasteiger partial charge in [0.15, 0.2) is 0 Å². The highest BCUT2D eigenvalue weighted by atomic mass is 35.5. The Balaban J connectivity index is 1.81. The van der Waals surface area contributed by atoms with Crippen molar-refractivity contribution < 1.29 is 5.11 Å². The molecule has 132 valence electrons.